The molecule has 0 aliphatic carbocycles. The minimum Gasteiger partial charge on any atom is -0.776 e. The van der Waals surface area contributed by atoms with Crippen LogP contribution in [0.25, 0.3) is 0 Å². The molecule has 0 saturated heterocycles. The van der Waals surface area contributed by atoms with Crippen molar-refractivity contribution in [2.24, 2.45) is 0 Å². The van der Waals surface area contributed by atoms with Gasteiger partial charge in [-0.15, -0.1) is 0 Å². The van der Waals surface area contributed by atoms with E-state index in [1.807, 2.05) is 0 Å². The molecule has 0 spiro atoms. The predicted octanol–water partition coefficient (Wildman–Crippen LogP) is -4.62. The molecule has 4 N–H and O–H groups in total. The summed E-state index contributed by atoms with van der Waals surface area (Å²) in [5.41, 5.74) is 0. The van der Waals surface area contributed by atoms with Crippen LogP contribution in [0.4, 0.5) is 0 Å². The molecule has 0 heterocycles. The standard InChI is InChI=1S/C2H8O7P2.K/c1-2(3,10(4,5)6)11(7,8)9;/h3H,1H3,(H2,4,5,6)(H2,7,8,9);/q;+1/p-1. The number of hydrogen-bond donors (Lipinski definition) is 4. The largest absolute Gasteiger partial charge is 1.00 e. The monoisotopic (exact) mass is 244 g/mol. The fourth-order valence-electron chi connectivity index (χ4n) is 0.165. The molecule has 0 aromatic carbocycles. The van der Waals surface area contributed by atoms with E-state index >= 15 is 0 Å². The van der Waals surface area contributed by atoms with E-state index in [1.165, 1.54) is 0 Å². The maximum atomic E-state index is 10.2. The summed E-state index contributed by atoms with van der Waals surface area (Å²) in [5.74, 6) is 0. The van der Waals surface area contributed by atoms with Crippen molar-refractivity contribution in [2.45, 2.75) is 12.0 Å². The third-order valence-corrected chi connectivity index (χ3v) is 4.80. The molecule has 7 nitrogen and oxygen atoms in total. The molecule has 0 radical (unpaired) electrons. The van der Waals surface area contributed by atoms with Gasteiger partial charge in [-0.1, -0.05) is 0 Å². The molecule has 0 aromatic rings. The van der Waals surface area contributed by atoms with Gasteiger partial charge in [0.25, 0.3) is 0 Å². The van der Waals surface area contributed by atoms with Crippen LogP contribution in [0.3, 0.4) is 0 Å². The van der Waals surface area contributed by atoms with Crippen LogP contribution in [0.1, 0.15) is 6.92 Å². The van der Waals surface area contributed by atoms with Crippen LogP contribution < -0.4 is 56.3 Å². The van der Waals surface area contributed by atoms with Crippen molar-refractivity contribution in [3.05, 3.63) is 0 Å². The minimum absolute atomic E-state index is 0. The van der Waals surface area contributed by atoms with E-state index in [2.05, 4.69) is 0 Å². The molecule has 10 heteroatoms. The third kappa shape index (κ3) is 3.57. The molecule has 0 aromatic heterocycles. The van der Waals surface area contributed by atoms with Crippen LogP contribution in [-0.2, 0) is 9.13 Å². The predicted molar refractivity (Wildman–Crippen MR) is 32.5 cm³/mol. The first-order valence-corrected chi connectivity index (χ1v) is 5.51. The Morgan fingerprint density at radius 2 is 1.50 bits per heavy atom. The summed E-state index contributed by atoms with van der Waals surface area (Å²) >= 11 is 0. The van der Waals surface area contributed by atoms with Crippen molar-refractivity contribution in [2.75, 3.05) is 0 Å². The smallest absolute Gasteiger partial charge is 0.776 e. The van der Waals surface area contributed by atoms with Gasteiger partial charge in [-0.05, 0) is 6.92 Å². The second kappa shape index (κ2) is 4.61. The molecule has 0 bridgehead atoms. The van der Waals surface area contributed by atoms with Gasteiger partial charge < -0.3 is 29.2 Å². The molecule has 2 atom stereocenters. The third-order valence-electron chi connectivity index (χ3n) is 1.09. The average molecular weight is 244 g/mol. The molecule has 2 unspecified atom stereocenters. The second-order valence-corrected chi connectivity index (χ2v) is 6.26. The van der Waals surface area contributed by atoms with Gasteiger partial charge >= 0.3 is 59.0 Å². The van der Waals surface area contributed by atoms with Crippen molar-refractivity contribution in [1.29, 1.82) is 0 Å². The van der Waals surface area contributed by atoms with Crippen LogP contribution in [-0.4, -0.2) is 24.9 Å². The maximum absolute atomic E-state index is 10.2. The first-order valence-electron chi connectivity index (χ1n) is 2.32. The topological polar surface area (TPSA) is 138 Å². The van der Waals surface area contributed by atoms with E-state index in [-0.39, 0.29) is 51.4 Å². The maximum Gasteiger partial charge on any atom is 1.00 e. The molecular weight excluding hydrogens is 237 g/mol. The molecule has 0 aliphatic rings. The van der Waals surface area contributed by atoms with Crippen LogP contribution >= 0.6 is 15.2 Å². The zero-order valence-electron chi connectivity index (χ0n) is 6.41. The Labute approximate surface area is 111 Å². The van der Waals surface area contributed by atoms with E-state index in [1.54, 1.807) is 0 Å². The Kier molecular flexibility index (Phi) is 6.27. The summed E-state index contributed by atoms with van der Waals surface area (Å²) in [6, 6.07) is 0. The molecule has 68 valence electrons. The van der Waals surface area contributed by atoms with Crippen LogP contribution in [0.5, 0.6) is 0 Å². The Bertz CT molecular complexity index is 212. The number of hydrogen-bond acceptors (Lipinski definition) is 4. The van der Waals surface area contributed by atoms with Crippen LogP contribution in [0.2, 0.25) is 0 Å². The normalized spacial score (nSPS) is 21.8. The first kappa shape index (κ1) is 16.3. The van der Waals surface area contributed by atoms with Gasteiger partial charge in [-0.2, -0.15) is 0 Å². The van der Waals surface area contributed by atoms with Gasteiger partial charge in [0.1, 0.15) is 0 Å². The Morgan fingerprint density at radius 3 is 1.50 bits per heavy atom. The zero-order valence-corrected chi connectivity index (χ0v) is 11.3. The van der Waals surface area contributed by atoms with E-state index in [4.69, 9.17) is 19.8 Å². The average Bonchev–Trinajstić information content (AvgIpc) is 1.58. The SMILES string of the molecule is CC(O)(P(=O)([O-])O)P(=O)(O)O.[K+]. The molecule has 0 fully saturated rings. The zero-order chi connectivity index (χ0) is 9.50. The summed E-state index contributed by atoms with van der Waals surface area (Å²) in [4.78, 5) is 34.7. The van der Waals surface area contributed by atoms with Gasteiger partial charge in [-0.25, -0.2) is 0 Å². The molecule has 0 rings (SSSR count). The van der Waals surface area contributed by atoms with Crippen molar-refractivity contribution >= 4 is 15.2 Å². The van der Waals surface area contributed by atoms with E-state index in [0.717, 1.165) is 0 Å². The van der Waals surface area contributed by atoms with Gasteiger partial charge in [0.15, 0.2) is 7.60 Å². The number of rotatable bonds is 2. The summed E-state index contributed by atoms with van der Waals surface area (Å²) in [5, 5.41) is 5.20. The summed E-state index contributed by atoms with van der Waals surface area (Å²) < 4.78 is 20.4. The summed E-state index contributed by atoms with van der Waals surface area (Å²) in [7, 11) is -10.7. The Morgan fingerprint density at radius 1 is 1.25 bits per heavy atom. The molecule has 0 aliphatic heterocycles. The van der Waals surface area contributed by atoms with Gasteiger partial charge in [0.05, 0.1) is 0 Å². The van der Waals surface area contributed by atoms with Crippen molar-refractivity contribution in [3.8, 4) is 0 Å². The second-order valence-electron chi connectivity index (χ2n) is 2.04. The fourth-order valence-corrected chi connectivity index (χ4v) is 1.48. The van der Waals surface area contributed by atoms with Gasteiger partial charge in [0.2, 0.25) is 5.08 Å². The Balaban J connectivity index is 0. The van der Waals surface area contributed by atoms with Crippen molar-refractivity contribution in [1.82, 2.24) is 0 Å². The molecule has 0 amide bonds. The van der Waals surface area contributed by atoms with E-state index in [0.29, 0.717) is 6.92 Å². The fraction of sp³-hybridized carbons (Fsp3) is 1.00. The molecule has 12 heavy (non-hydrogen) atoms. The number of aliphatic hydroxyl groups is 1. The van der Waals surface area contributed by atoms with Crippen molar-refractivity contribution in [3.63, 3.8) is 0 Å². The van der Waals surface area contributed by atoms with Crippen molar-refractivity contribution < 1.29 is 85.2 Å². The van der Waals surface area contributed by atoms with Crippen LogP contribution in [0.15, 0.2) is 0 Å². The molecular formula is C2H7KO7P2. The van der Waals surface area contributed by atoms with Gasteiger partial charge in [0, 0.05) is 0 Å². The summed E-state index contributed by atoms with van der Waals surface area (Å²) in [6.07, 6.45) is 0. The van der Waals surface area contributed by atoms with Gasteiger partial charge in [-0.3, -0.25) is 4.57 Å². The van der Waals surface area contributed by atoms with Crippen LogP contribution in [0, 0.1) is 0 Å². The summed E-state index contributed by atoms with van der Waals surface area (Å²) in [6.45, 7) is 0.321. The van der Waals surface area contributed by atoms with E-state index in [9.17, 15) is 14.0 Å². The first-order chi connectivity index (χ1) is 4.50. The Hall–Kier alpha value is 1.90. The minimum atomic E-state index is -5.45. The molecule has 0 saturated carbocycles. The quantitative estimate of drug-likeness (QED) is 0.283. The van der Waals surface area contributed by atoms with E-state index < -0.39 is 20.3 Å².